The molecular weight excluding hydrogens is 1010 g/mol. The fourth-order valence-electron chi connectivity index (χ4n) is 5.15. The zero-order valence-electron chi connectivity index (χ0n) is 29.3. The minimum Gasteiger partial charge on any atom is -0.428 e. The fraction of sp³-hybridized carbons (Fsp3) is 0.111. The Morgan fingerprint density at radius 2 is 0.823 bits per heavy atom. The summed E-state index contributed by atoms with van der Waals surface area (Å²) < 4.78 is 197. The van der Waals surface area contributed by atoms with E-state index < -0.39 is 104 Å². The molecule has 0 fully saturated rings. The smallest absolute Gasteiger partial charge is 0.428 e. The molecule has 0 spiro atoms. The van der Waals surface area contributed by atoms with Crippen molar-refractivity contribution in [1.82, 2.24) is 0 Å². The summed E-state index contributed by atoms with van der Waals surface area (Å²) in [6.45, 7) is 0. The van der Waals surface area contributed by atoms with E-state index in [1.807, 2.05) is 0 Å². The van der Waals surface area contributed by atoms with Crippen molar-refractivity contribution in [2.75, 3.05) is 9.80 Å². The molecule has 4 amide bonds. The first kappa shape index (κ1) is 46.9. The van der Waals surface area contributed by atoms with Gasteiger partial charge in [0.25, 0.3) is 23.6 Å². The van der Waals surface area contributed by atoms with Crippen molar-refractivity contribution >= 4 is 66.9 Å². The van der Waals surface area contributed by atoms with Crippen LogP contribution in [0.1, 0.15) is 41.4 Å². The van der Waals surface area contributed by atoms with E-state index in [4.69, 9.17) is 0 Å². The van der Waals surface area contributed by atoms with Crippen LogP contribution in [0, 0.1) is 0 Å². The van der Waals surface area contributed by atoms with Crippen LogP contribution in [0.3, 0.4) is 0 Å². The lowest BCUT2D eigenvalue weighted by Crippen LogP contribution is -2.41. The predicted octanol–water partition coefficient (Wildman–Crippen LogP) is 11.7. The zero-order chi connectivity index (χ0) is 46.3. The summed E-state index contributed by atoms with van der Waals surface area (Å²) in [6.07, 6.45) is -15.5. The lowest BCUT2D eigenvalue weighted by atomic mass is 10.1. The van der Waals surface area contributed by atoms with Gasteiger partial charge in [-0.05, 0) is 72.8 Å². The maximum Gasteiger partial charge on any atom is 0.475 e. The Balaban J connectivity index is 0.000000236. The van der Waals surface area contributed by atoms with Gasteiger partial charge in [-0.25, -0.2) is 9.80 Å². The normalized spacial score (nSPS) is 13.9. The van der Waals surface area contributed by atoms with Crippen LogP contribution in [-0.2, 0) is 0 Å². The van der Waals surface area contributed by atoms with Gasteiger partial charge in [-0.3, -0.25) is 19.2 Å². The van der Waals surface area contributed by atoms with E-state index in [9.17, 15) is 80.6 Å². The summed E-state index contributed by atoms with van der Waals surface area (Å²) in [5, 5.41) is 0. The Labute approximate surface area is 351 Å². The lowest BCUT2D eigenvalue weighted by molar-refractivity contribution is -0.266. The van der Waals surface area contributed by atoms with Crippen molar-refractivity contribution in [3.05, 3.63) is 131 Å². The monoisotopic (exact) mass is 1030 g/mol. The molecule has 0 aromatic heterocycles. The molecule has 26 heteroatoms. The van der Waals surface area contributed by atoms with Gasteiger partial charge in [-0.2, -0.15) is 61.5 Å². The van der Waals surface area contributed by atoms with Crippen molar-refractivity contribution in [3.63, 3.8) is 0 Å². The number of carbonyl (C=O) groups is 4. The lowest BCUT2D eigenvalue weighted by Gasteiger charge is -2.23. The minimum atomic E-state index is -5.10. The van der Waals surface area contributed by atoms with Gasteiger partial charge in [0.05, 0.1) is 33.6 Å². The molecule has 0 radical (unpaired) electrons. The average molecular weight is 1030 g/mol. The van der Waals surface area contributed by atoms with E-state index in [1.165, 1.54) is 44.0 Å². The summed E-state index contributed by atoms with van der Waals surface area (Å²) in [4.78, 5) is 42.0. The molecule has 0 saturated heterocycles. The third kappa shape index (κ3) is 9.49. The third-order valence-corrected chi connectivity index (χ3v) is 8.71. The first-order chi connectivity index (χ1) is 28.7. The number of amides is 4. The van der Waals surface area contributed by atoms with Gasteiger partial charge < -0.3 is 18.9 Å². The minimum absolute atomic E-state index is 0.0627. The number of benzene rings is 4. The summed E-state index contributed by atoms with van der Waals surface area (Å²) in [6, 6.07) is 9.35. The molecular formula is C36H14Br2F14N2O8. The van der Waals surface area contributed by atoms with Crippen molar-refractivity contribution in [1.29, 1.82) is 0 Å². The Morgan fingerprint density at radius 3 is 1.24 bits per heavy atom. The molecule has 2 aliphatic heterocycles. The number of hydrogen-bond donors (Lipinski definition) is 0. The Hall–Kier alpha value is -6.18. The molecule has 0 atom stereocenters. The number of nitrogens with zero attached hydrogens (tertiary/aromatic N) is 2. The summed E-state index contributed by atoms with van der Waals surface area (Å²) in [5.41, 5.74) is -2.23. The second-order valence-corrected chi connectivity index (χ2v) is 13.7. The van der Waals surface area contributed by atoms with Crippen LogP contribution in [0.2, 0.25) is 0 Å². The first-order valence-electron chi connectivity index (χ1n) is 15.9. The van der Waals surface area contributed by atoms with E-state index in [2.05, 4.69) is 18.9 Å². The average Bonchev–Trinajstić information content (AvgIpc) is 3.59. The van der Waals surface area contributed by atoms with Crippen LogP contribution >= 0.6 is 31.9 Å². The number of rotatable bonds is 12. The molecule has 0 aliphatic carbocycles. The summed E-state index contributed by atoms with van der Waals surface area (Å²) >= 11 is 2.94. The number of hydrogen-bond acceptors (Lipinski definition) is 8. The molecule has 4 aromatic carbocycles. The molecule has 6 rings (SSSR count). The number of ether oxygens (including phenoxy) is 4. The highest BCUT2D eigenvalue weighted by Gasteiger charge is 2.59. The van der Waals surface area contributed by atoms with Crippen LogP contribution < -0.4 is 28.7 Å². The van der Waals surface area contributed by atoms with Gasteiger partial charge in [0.1, 0.15) is 23.0 Å². The second kappa shape index (κ2) is 17.3. The van der Waals surface area contributed by atoms with E-state index >= 15 is 0 Å². The van der Waals surface area contributed by atoms with E-state index in [1.54, 1.807) is 0 Å². The topological polar surface area (TPSA) is 112 Å². The summed E-state index contributed by atoms with van der Waals surface area (Å²) in [7, 11) is 0. The molecule has 0 bridgehead atoms. The third-order valence-electron chi connectivity index (χ3n) is 7.79. The van der Waals surface area contributed by atoms with Gasteiger partial charge in [0, 0.05) is 31.9 Å². The highest BCUT2D eigenvalue weighted by molar-refractivity contribution is 9.10. The number of anilines is 2. The number of alkyl halides is 10. The maximum atomic E-state index is 13.6. The Morgan fingerprint density at radius 1 is 0.452 bits per heavy atom. The predicted molar refractivity (Wildman–Crippen MR) is 189 cm³/mol. The van der Waals surface area contributed by atoms with Gasteiger partial charge in [0.15, 0.2) is 0 Å². The van der Waals surface area contributed by atoms with Gasteiger partial charge in [0.2, 0.25) is 0 Å². The molecule has 0 unspecified atom stereocenters. The van der Waals surface area contributed by atoms with Crippen molar-refractivity contribution in [2.45, 2.75) is 21.9 Å². The van der Waals surface area contributed by atoms with E-state index in [-0.39, 0.29) is 22.7 Å². The van der Waals surface area contributed by atoms with E-state index in [0.29, 0.717) is 9.80 Å². The molecule has 0 N–H and O–H groups in total. The van der Waals surface area contributed by atoms with Gasteiger partial charge in [-0.15, -0.1) is 0 Å². The zero-order valence-corrected chi connectivity index (χ0v) is 32.5. The van der Waals surface area contributed by atoms with E-state index in [0.717, 1.165) is 72.8 Å². The number of carbonyl (C=O) groups excluding carboxylic acids is 4. The summed E-state index contributed by atoms with van der Waals surface area (Å²) in [5.74, 6) is -6.90. The van der Waals surface area contributed by atoms with Crippen molar-refractivity contribution < 1.29 is 99.6 Å². The molecule has 2 heterocycles. The van der Waals surface area contributed by atoms with Crippen LogP contribution in [0.5, 0.6) is 23.0 Å². The van der Waals surface area contributed by atoms with Gasteiger partial charge >= 0.3 is 46.1 Å². The number of fused-ring (bicyclic) bond motifs is 2. The van der Waals surface area contributed by atoms with Crippen LogP contribution in [0.25, 0.3) is 0 Å². The van der Waals surface area contributed by atoms with Crippen molar-refractivity contribution in [3.8, 4) is 23.0 Å². The van der Waals surface area contributed by atoms with Crippen molar-refractivity contribution in [2.24, 2.45) is 0 Å². The highest BCUT2D eigenvalue weighted by atomic mass is 79.9. The SMILES string of the molecule is O=C1c2cccc(OC(F)(F)C(F)(F)Br)c2C(=O)N1c1ccc(OC(F)(F)C(F)(F)Br)cc1.O=C1c2cccc(OC(F)=C(F)F)c2C(=O)N1c1ccc(OC(F)=C(F)F)cc1. The molecule has 0 saturated carbocycles. The molecule has 328 valence electrons. The Bertz CT molecular complexity index is 2500. The van der Waals surface area contributed by atoms with Crippen LogP contribution in [0.15, 0.2) is 109 Å². The standard InChI is InChI=1S/C18H7Br2F8NO4.C18H7F6NO4/c19-15(21,22)17(25,26)32-9-6-4-8(5-7-9)29-13(30)10-2-1-3-11(12(10)14(29)31)33-18(27,28)16(20,23)24;19-13(20)15(23)28-9-6-4-8(5-7-9)25-17(26)10-2-1-3-11(12(10)18(25)27)29-16(24)14(21)22/h1-7H;1-7H. The number of imide groups is 2. The molecule has 2 aliphatic rings. The van der Waals surface area contributed by atoms with Crippen LogP contribution in [-0.4, -0.2) is 45.5 Å². The van der Waals surface area contributed by atoms with Gasteiger partial charge in [-0.1, -0.05) is 12.1 Å². The largest absolute Gasteiger partial charge is 0.475 e. The van der Waals surface area contributed by atoms with Crippen LogP contribution in [0.4, 0.5) is 72.8 Å². The molecule has 4 aromatic rings. The quantitative estimate of drug-likeness (QED) is 0.0597. The first-order valence-corrected chi connectivity index (χ1v) is 17.5. The number of halogens is 16. The second-order valence-electron chi connectivity index (χ2n) is 11.7. The highest BCUT2D eigenvalue weighted by Crippen LogP contribution is 2.45. The maximum absolute atomic E-state index is 13.6. The molecule has 62 heavy (non-hydrogen) atoms. The fourth-order valence-corrected chi connectivity index (χ4v) is 5.32. The Kier molecular flexibility index (Phi) is 13.1. The molecule has 10 nitrogen and oxygen atoms in total.